The summed E-state index contributed by atoms with van der Waals surface area (Å²) in [6.45, 7) is 1.74. The number of aromatic nitrogens is 1. The number of amides is 1. The molecule has 4 rings (SSSR count). The van der Waals surface area contributed by atoms with E-state index in [0.717, 1.165) is 27.7 Å². The quantitative estimate of drug-likeness (QED) is 0.133. The highest BCUT2D eigenvalue weighted by Gasteiger charge is 2.35. The van der Waals surface area contributed by atoms with Gasteiger partial charge >= 0.3 is 6.09 Å². The summed E-state index contributed by atoms with van der Waals surface area (Å²) in [5.41, 5.74) is 9.31. The molecule has 1 amide bonds. The highest BCUT2D eigenvalue weighted by Crippen LogP contribution is 2.39. The number of nitriles is 1. The Balaban J connectivity index is 1.53. The standard InChI is InChI=1S/C27H29ClN6O4/c1-36-12-13-38-27(35)34-10-8-21-22-14-19(28)4-7-23(22)33-24(21)25(34)17-2-5-20(6-3-17)37-11-9-32-16-18(15-29)26(30)31/h2-7,14,16,25,32-33H,8-13H2,1H3,(H3,30,31)/b18-16-. The Kier molecular flexibility index (Phi) is 8.73. The smallest absolute Gasteiger partial charge is 0.410 e. The van der Waals surface area contributed by atoms with Crippen LogP contribution in [0.25, 0.3) is 10.9 Å². The molecule has 0 radical (unpaired) electrons. The number of halogens is 1. The van der Waals surface area contributed by atoms with Crippen LogP contribution in [0.15, 0.2) is 54.2 Å². The summed E-state index contributed by atoms with van der Waals surface area (Å²) in [6.07, 6.45) is 1.66. The number of nitrogens with two attached hydrogens (primary N) is 1. The van der Waals surface area contributed by atoms with Crippen LogP contribution in [0.4, 0.5) is 4.79 Å². The van der Waals surface area contributed by atoms with Crippen LogP contribution in [0.5, 0.6) is 5.75 Å². The molecule has 1 atom stereocenters. The number of H-pyrrole nitrogens is 1. The molecule has 5 N–H and O–H groups in total. The van der Waals surface area contributed by atoms with Crippen LogP contribution in [-0.4, -0.2) is 61.8 Å². The van der Waals surface area contributed by atoms with Gasteiger partial charge in [-0.05, 0) is 47.9 Å². The molecule has 1 aliphatic heterocycles. The van der Waals surface area contributed by atoms with Gasteiger partial charge in [-0.25, -0.2) is 4.79 Å². The molecular formula is C27H29ClN6O4. The Morgan fingerprint density at radius 2 is 2.08 bits per heavy atom. The lowest BCUT2D eigenvalue weighted by molar-refractivity contribution is 0.0629. The molecule has 0 spiro atoms. The average Bonchev–Trinajstić information content (AvgIpc) is 3.28. The zero-order chi connectivity index (χ0) is 27.1. The molecule has 3 aromatic rings. The molecule has 0 saturated carbocycles. The van der Waals surface area contributed by atoms with Crippen molar-refractivity contribution >= 4 is 34.4 Å². The first-order valence-electron chi connectivity index (χ1n) is 12.1. The highest BCUT2D eigenvalue weighted by atomic mass is 35.5. The van der Waals surface area contributed by atoms with Gasteiger partial charge in [-0.1, -0.05) is 23.7 Å². The van der Waals surface area contributed by atoms with E-state index in [2.05, 4.69) is 10.3 Å². The second-order valence-corrected chi connectivity index (χ2v) is 9.05. The molecule has 11 heteroatoms. The van der Waals surface area contributed by atoms with Crippen LogP contribution in [0.3, 0.4) is 0 Å². The maximum Gasteiger partial charge on any atom is 0.410 e. The van der Waals surface area contributed by atoms with Crippen molar-refractivity contribution in [2.75, 3.05) is 40.0 Å². The third kappa shape index (κ3) is 6.02. The van der Waals surface area contributed by atoms with Gasteiger partial charge < -0.3 is 30.2 Å². The van der Waals surface area contributed by atoms with Crippen LogP contribution >= 0.6 is 11.6 Å². The summed E-state index contributed by atoms with van der Waals surface area (Å²) in [5.74, 6) is 0.359. The number of rotatable bonds is 10. The molecule has 0 aliphatic carbocycles. The lowest BCUT2D eigenvalue weighted by Crippen LogP contribution is -2.41. The average molecular weight is 537 g/mol. The number of aromatic amines is 1. The maximum absolute atomic E-state index is 13.1. The van der Waals surface area contributed by atoms with Gasteiger partial charge in [0.05, 0.1) is 6.61 Å². The summed E-state index contributed by atoms with van der Waals surface area (Å²) in [5, 5.41) is 20.9. The Bertz CT molecular complexity index is 1380. The zero-order valence-corrected chi connectivity index (χ0v) is 21.7. The zero-order valence-electron chi connectivity index (χ0n) is 20.9. The first kappa shape index (κ1) is 26.9. The van der Waals surface area contributed by atoms with Crippen molar-refractivity contribution < 1.29 is 19.0 Å². The van der Waals surface area contributed by atoms with E-state index in [1.165, 1.54) is 6.20 Å². The molecule has 1 aliphatic rings. The van der Waals surface area contributed by atoms with E-state index in [0.29, 0.717) is 43.5 Å². The Morgan fingerprint density at radius 1 is 1.29 bits per heavy atom. The van der Waals surface area contributed by atoms with Crippen molar-refractivity contribution in [3.05, 3.63) is 76.1 Å². The van der Waals surface area contributed by atoms with Gasteiger partial charge in [0.15, 0.2) is 0 Å². The molecule has 10 nitrogen and oxygen atoms in total. The molecule has 2 aromatic carbocycles. The molecular weight excluding hydrogens is 508 g/mol. The minimum atomic E-state index is -0.406. The van der Waals surface area contributed by atoms with Gasteiger partial charge in [0.25, 0.3) is 0 Å². The fourth-order valence-electron chi connectivity index (χ4n) is 4.42. The second kappa shape index (κ2) is 12.4. The number of carbonyl (C=O) groups excluding carboxylic acids is 1. The molecule has 0 bridgehead atoms. The number of hydrogen-bond donors (Lipinski definition) is 4. The fraction of sp³-hybridized carbons (Fsp3) is 0.296. The van der Waals surface area contributed by atoms with Crippen molar-refractivity contribution in [3.8, 4) is 11.8 Å². The topological polar surface area (TPSA) is 149 Å². The van der Waals surface area contributed by atoms with E-state index in [1.807, 2.05) is 48.5 Å². The minimum absolute atomic E-state index is 0.0609. The molecule has 38 heavy (non-hydrogen) atoms. The molecule has 1 aromatic heterocycles. The molecule has 0 fully saturated rings. The van der Waals surface area contributed by atoms with Gasteiger partial charge in [0.2, 0.25) is 0 Å². The lowest BCUT2D eigenvalue weighted by atomic mass is 9.92. The first-order chi connectivity index (χ1) is 18.4. The van der Waals surface area contributed by atoms with Crippen LogP contribution < -0.4 is 15.8 Å². The van der Waals surface area contributed by atoms with Crippen LogP contribution in [0.1, 0.15) is 22.9 Å². The monoisotopic (exact) mass is 536 g/mol. The number of ether oxygens (including phenoxy) is 3. The van der Waals surface area contributed by atoms with Crippen molar-refractivity contribution in [1.82, 2.24) is 15.2 Å². The maximum atomic E-state index is 13.1. The predicted octanol–water partition coefficient (Wildman–Crippen LogP) is 3.86. The number of fused-ring (bicyclic) bond motifs is 3. The van der Waals surface area contributed by atoms with E-state index in [-0.39, 0.29) is 24.1 Å². The van der Waals surface area contributed by atoms with Gasteiger partial charge in [-0.3, -0.25) is 10.3 Å². The third-order valence-electron chi connectivity index (χ3n) is 6.20. The summed E-state index contributed by atoms with van der Waals surface area (Å²) in [7, 11) is 1.56. The number of amidine groups is 1. The molecule has 2 heterocycles. The SMILES string of the molecule is COCCOC(=O)N1CCc2c([nH]c3ccc(Cl)cc23)C1c1ccc(OCCN/C=C(/C#N)C(=N)N)cc1. The van der Waals surface area contributed by atoms with Crippen LogP contribution in [0.2, 0.25) is 5.02 Å². The molecule has 198 valence electrons. The van der Waals surface area contributed by atoms with E-state index in [1.54, 1.807) is 12.0 Å². The fourth-order valence-corrected chi connectivity index (χ4v) is 4.59. The second-order valence-electron chi connectivity index (χ2n) is 8.62. The van der Waals surface area contributed by atoms with Gasteiger partial charge in [-0.2, -0.15) is 5.26 Å². The Labute approximate surface area is 225 Å². The summed E-state index contributed by atoms with van der Waals surface area (Å²) in [6, 6.07) is 14.8. The first-order valence-corrected chi connectivity index (χ1v) is 12.4. The summed E-state index contributed by atoms with van der Waals surface area (Å²) < 4.78 is 16.3. The van der Waals surface area contributed by atoms with E-state index in [9.17, 15) is 4.79 Å². The number of carbonyl (C=O) groups is 1. The van der Waals surface area contributed by atoms with Gasteiger partial charge in [0.1, 0.15) is 42.5 Å². The van der Waals surface area contributed by atoms with Gasteiger partial charge in [0, 0.05) is 48.0 Å². The summed E-state index contributed by atoms with van der Waals surface area (Å²) in [4.78, 5) is 18.3. The van der Waals surface area contributed by atoms with Crippen molar-refractivity contribution in [3.63, 3.8) is 0 Å². The Morgan fingerprint density at radius 3 is 2.79 bits per heavy atom. The summed E-state index contributed by atoms with van der Waals surface area (Å²) >= 11 is 6.28. The van der Waals surface area contributed by atoms with E-state index >= 15 is 0 Å². The number of hydrogen-bond acceptors (Lipinski definition) is 7. The minimum Gasteiger partial charge on any atom is -0.492 e. The highest BCUT2D eigenvalue weighted by molar-refractivity contribution is 6.31. The van der Waals surface area contributed by atoms with E-state index in [4.69, 9.17) is 42.2 Å². The number of benzene rings is 2. The lowest BCUT2D eigenvalue weighted by Gasteiger charge is -2.35. The Hall–Kier alpha value is -4.20. The number of nitrogens with one attached hydrogen (secondary N) is 3. The van der Waals surface area contributed by atoms with Crippen molar-refractivity contribution in [2.45, 2.75) is 12.5 Å². The number of nitrogens with zero attached hydrogens (tertiary/aromatic N) is 2. The normalized spacial score (nSPS) is 15.0. The third-order valence-corrected chi connectivity index (χ3v) is 6.44. The van der Waals surface area contributed by atoms with E-state index < -0.39 is 6.09 Å². The van der Waals surface area contributed by atoms with Crippen molar-refractivity contribution in [2.24, 2.45) is 5.73 Å². The molecule has 1 unspecified atom stereocenters. The number of methoxy groups -OCH3 is 1. The predicted molar refractivity (Wildman–Crippen MR) is 144 cm³/mol. The largest absolute Gasteiger partial charge is 0.492 e. The van der Waals surface area contributed by atoms with Crippen molar-refractivity contribution in [1.29, 1.82) is 10.7 Å². The van der Waals surface area contributed by atoms with Crippen LogP contribution in [0, 0.1) is 16.7 Å². The van der Waals surface area contributed by atoms with Crippen LogP contribution in [-0.2, 0) is 15.9 Å². The molecule has 0 saturated heterocycles. The van der Waals surface area contributed by atoms with Gasteiger partial charge in [-0.15, -0.1) is 0 Å².